The Balaban J connectivity index is 3.09. The molecule has 0 spiro atoms. The highest BCUT2D eigenvalue weighted by molar-refractivity contribution is 7.90. The number of sulfonamides is 1. The third-order valence-corrected chi connectivity index (χ3v) is 4.77. The summed E-state index contributed by atoms with van der Waals surface area (Å²) >= 11 is 0. The van der Waals surface area contributed by atoms with E-state index in [1.165, 1.54) is 0 Å². The summed E-state index contributed by atoms with van der Waals surface area (Å²) in [5, 5.41) is -6.13. The first-order chi connectivity index (χ1) is 9.76. The summed E-state index contributed by atoms with van der Waals surface area (Å²) < 4.78 is 127. The van der Waals surface area contributed by atoms with Crippen molar-refractivity contribution in [3.05, 3.63) is 0 Å². The highest BCUT2D eigenvalue weighted by Crippen LogP contribution is 2.45. The molecule has 0 bridgehead atoms. The molecule has 0 aromatic heterocycles. The van der Waals surface area contributed by atoms with Crippen LogP contribution in [0.15, 0.2) is 0 Å². The van der Waals surface area contributed by atoms with Crippen molar-refractivity contribution in [1.82, 2.24) is 4.31 Å². The van der Waals surface area contributed by atoms with Crippen LogP contribution in [0.4, 0.5) is 35.1 Å². The number of rotatable bonds is 6. The van der Waals surface area contributed by atoms with Crippen LogP contribution in [-0.2, 0) is 14.8 Å². The summed E-state index contributed by atoms with van der Waals surface area (Å²) in [7, 11) is -6.07. The lowest BCUT2D eigenvalue weighted by Gasteiger charge is -2.33. The molecule has 1 aliphatic heterocycles. The maximum atomic E-state index is 13.5. The second-order valence-electron chi connectivity index (χ2n) is 4.46. The van der Waals surface area contributed by atoms with Crippen molar-refractivity contribution in [3.63, 3.8) is 0 Å². The second kappa shape index (κ2) is 6.07. The van der Waals surface area contributed by atoms with E-state index in [0.717, 1.165) is 0 Å². The Morgan fingerprint density at radius 3 is 1.77 bits per heavy atom. The van der Waals surface area contributed by atoms with Crippen LogP contribution in [0.3, 0.4) is 0 Å². The highest BCUT2D eigenvalue weighted by atomic mass is 32.2. The van der Waals surface area contributed by atoms with Crippen LogP contribution >= 0.6 is 0 Å². The van der Waals surface area contributed by atoms with Crippen LogP contribution in [0.25, 0.3) is 0 Å². The summed E-state index contributed by atoms with van der Waals surface area (Å²) in [5.74, 6) is 0. The lowest BCUT2D eigenvalue weighted by molar-refractivity contribution is -0.435. The lowest BCUT2D eigenvalue weighted by atomic mass is 10.2. The summed E-state index contributed by atoms with van der Waals surface area (Å²) in [6, 6.07) is 0. The highest BCUT2D eigenvalue weighted by Gasteiger charge is 2.72. The first kappa shape index (κ1) is 19.4. The number of piperidine rings is 1. The van der Waals surface area contributed by atoms with Crippen molar-refractivity contribution >= 4 is 10.0 Å². The molecule has 0 saturated carbocycles. The van der Waals surface area contributed by atoms with Crippen LogP contribution in [0.5, 0.6) is 0 Å². The summed E-state index contributed by atoms with van der Waals surface area (Å²) in [6.45, 7) is -1.03. The van der Waals surface area contributed by atoms with E-state index in [0.29, 0.717) is 6.42 Å². The number of alkyl halides is 8. The van der Waals surface area contributed by atoms with Crippen molar-refractivity contribution < 1.29 is 48.3 Å². The van der Waals surface area contributed by atoms with Gasteiger partial charge in [0, 0.05) is 13.1 Å². The number of halogens is 8. The first-order valence-corrected chi connectivity index (χ1v) is 7.31. The van der Waals surface area contributed by atoms with Gasteiger partial charge in [0.15, 0.2) is 0 Å². The zero-order valence-electron chi connectivity index (χ0n) is 10.7. The van der Waals surface area contributed by atoms with Crippen molar-refractivity contribution in [2.75, 3.05) is 13.1 Å². The fourth-order valence-electron chi connectivity index (χ4n) is 1.69. The predicted molar refractivity (Wildman–Crippen MR) is 56.3 cm³/mol. The molecule has 132 valence electrons. The van der Waals surface area contributed by atoms with Gasteiger partial charge in [-0.3, -0.25) is 0 Å². The van der Waals surface area contributed by atoms with Crippen LogP contribution < -0.4 is 0 Å². The molecular weight excluding hydrogens is 354 g/mol. The predicted octanol–water partition coefficient (Wildman–Crippen LogP) is 2.86. The third kappa shape index (κ3) is 3.45. The minimum absolute atomic E-state index is 0.00567. The normalized spacial score (nSPS) is 19.7. The third-order valence-electron chi connectivity index (χ3n) is 2.84. The fourth-order valence-corrected chi connectivity index (χ4v) is 3.10. The van der Waals surface area contributed by atoms with Gasteiger partial charge >= 0.3 is 23.9 Å². The average Bonchev–Trinajstić information content (AvgIpc) is 2.37. The van der Waals surface area contributed by atoms with Crippen LogP contribution in [0.1, 0.15) is 19.3 Å². The molecule has 0 atom stereocenters. The van der Waals surface area contributed by atoms with E-state index in [9.17, 15) is 43.5 Å². The molecule has 1 fully saturated rings. The summed E-state index contributed by atoms with van der Waals surface area (Å²) in [5.41, 5.74) is 0. The van der Waals surface area contributed by atoms with Crippen molar-refractivity contribution in [2.24, 2.45) is 0 Å². The molecule has 0 amide bonds. The second-order valence-corrected chi connectivity index (χ2v) is 6.44. The minimum Gasteiger partial charge on any atom is -0.245 e. The molecule has 0 aliphatic carbocycles. The Hall–Kier alpha value is -0.690. The number of hydrogen-bond donors (Lipinski definition) is 0. The van der Waals surface area contributed by atoms with Gasteiger partial charge in [-0.15, -0.1) is 0 Å². The SMILES string of the molecule is O=S(=O)(N1CCCCC1)C(F)(F)C(F)(F)OC(F)(F)C(F)F. The molecule has 0 radical (unpaired) electrons. The van der Waals surface area contributed by atoms with Gasteiger partial charge in [0.1, 0.15) is 0 Å². The largest absolute Gasteiger partial charge is 0.448 e. The van der Waals surface area contributed by atoms with Crippen LogP contribution in [0, 0.1) is 0 Å². The molecule has 22 heavy (non-hydrogen) atoms. The molecule has 1 aliphatic rings. The number of hydrogen-bond acceptors (Lipinski definition) is 3. The Bertz CT molecular complexity index is 489. The molecule has 13 heteroatoms. The van der Waals surface area contributed by atoms with Gasteiger partial charge in [0.25, 0.3) is 10.0 Å². The number of ether oxygens (including phenoxy) is 1. The van der Waals surface area contributed by atoms with Gasteiger partial charge in [0.05, 0.1) is 0 Å². The van der Waals surface area contributed by atoms with E-state index < -0.39 is 47.0 Å². The van der Waals surface area contributed by atoms with Gasteiger partial charge in [-0.05, 0) is 12.8 Å². The van der Waals surface area contributed by atoms with Gasteiger partial charge in [0.2, 0.25) is 0 Å². The van der Waals surface area contributed by atoms with E-state index >= 15 is 0 Å². The van der Waals surface area contributed by atoms with Crippen LogP contribution in [0.2, 0.25) is 0 Å². The fraction of sp³-hybridized carbons (Fsp3) is 1.00. The van der Waals surface area contributed by atoms with Crippen molar-refractivity contribution in [1.29, 1.82) is 0 Å². The van der Waals surface area contributed by atoms with E-state index in [4.69, 9.17) is 0 Å². The molecule has 0 N–H and O–H groups in total. The topological polar surface area (TPSA) is 46.6 Å². The van der Waals surface area contributed by atoms with Crippen LogP contribution in [-0.4, -0.2) is 49.7 Å². The lowest BCUT2D eigenvalue weighted by Crippen LogP contribution is -2.57. The Morgan fingerprint density at radius 1 is 0.909 bits per heavy atom. The van der Waals surface area contributed by atoms with Gasteiger partial charge in [-0.2, -0.15) is 30.6 Å². The standard InChI is InChI=1S/C9H11F8NO3S/c10-6(11)7(12,13)21-8(14,15)9(16,17)22(19,20)18-4-2-1-3-5-18/h6H,1-5H2. The Morgan fingerprint density at radius 2 is 1.36 bits per heavy atom. The molecule has 1 rings (SSSR count). The van der Waals surface area contributed by atoms with E-state index in [1.807, 2.05) is 0 Å². The van der Waals surface area contributed by atoms with Crippen molar-refractivity contribution in [3.8, 4) is 0 Å². The van der Waals surface area contributed by atoms with Gasteiger partial charge < -0.3 is 0 Å². The zero-order valence-corrected chi connectivity index (χ0v) is 11.5. The monoisotopic (exact) mass is 365 g/mol. The minimum atomic E-state index is -6.34. The van der Waals surface area contributed by atoms with E-state index in [1.54, 1.807) is 0 Å². The average molecular weight is 365 g/mol. The number of nitrogens with zero attached hydrogens (tertiary/aromatic N) is 1. The quantitative estimate of drug-likeness (QED) is 0.680. The smallest absolute Gasteiger partial charge is 0.245 e. The maximum absolute atomic E-state index is 13.5. The van der Waals surface area contributed by atoms with Crippen molar-refractivity contribution in [2.45, 2.75) is 43.2 Å². The maximum Gasteiger partial charge on any atom is 0.448 e. The molecule has 0 aromatic carbocycles. The van der Waals surface area contributed by atoms with E-state index in [-0.39, 0.29) is 17.1 Å². The molecule has 1 heterocycles. The van der Waals surface area contributed by atoms with E-state index in [2.05, 4.69) is 4.74 Å². The summed E-state index contributed by atoms with van der Waals surface area (Å²) in [4.78, 5) is 0. The Labute approximate surface area is 120 Å². The molecule has 4 nitrogen and oxygen atoms in total. The molecular formula is C9H11F8NO3S. The first-order valence-electron chi connectivity index (χ1n) is 5.87. The zero-order chi connectivity index (χ0) is 17.4. The van der Waals surface area contributed by atoms with Gasteiger partial charge in [-0.1, -0.05) is 6.42 Å². The molecule has 0 aromatic rings. The molecule has 0 unspecified atom stereocenters. The Kier molecular flexibility index (Phi) is 5.34. The summed E-state index contributed by atoms with van der Waals surface area (Å²) in [6.07, 6.45) is -16.4. The molecule has 1 saturated heterocycles. The van der Waals surface area contributed by atoms with Gasteiger partial charge in [-0.25, -0.2) is 21.9 Å².